The lowest BCUT2D eigenvalue weighted by atomic mass is 10.1. The third-order valence-electron chi connectivity index (χ3n) is 2.43. The molecule has 1 atom stereocenters. The summed E-state index contributed by atoms with van der Waals surface area (Å²) < 4.78 is 0. The molecule has 1 aromatic carbocycles. The Morgan fingerprint density at radius 1 is 1.33 bits per heavy atom. The van der Waals surface area contributed by atoms with E-state index in [0.29, 0.717) is 10.7 Å². The summed E-state index contributed by atoms with van der Waals surface area (Å²) in [6.07, 6.45) is -0.549. The van der Waals surface area contributed by atoms with Crippen molar-refractivity contribution in [1.29, 1.82) is 0 Å². The zero-order chi connectivity index (χ0) is 11.0. The molecule has 2 rings (SSSR count). The second-order valence-corrected chi connectivity index (χ2v) is 4.14. The molecule has 0 spiro atoms. The lowest BCUT2D eigenvalue weighted by Crippen LogP contribution is -1.97. The van der Waals surface area contributed by atoms with Gasteiger partial charge in [-0.25, -0.2) is 0 Å². The van der Waals surface area contributed by atoms with Crippen LogP contribution in [0, 0.1) is 6.92 Å². The van der Waals surface area contributed by atoms with Gasteiger partial charge in [0.15, 0.2) is 0 Å². The lowest BCUT2D eigenvalue weighted by molar-refractivity contribution is 0.194. The molecule has 1 N–H and O–H groups in total. The van der Waals surface area contributed by atoms with Crippen molar-refractivity contribution in [2.45, 2.75) is 20.0 Å². The van der Waals surface area contributed by atoms with E-state index >= 15 is 0 Å². The van der Waals surface area contributed by atoms with Crippen LogP contribution >= 0.6 is 11.6 Å². The first-order valence-electron chi connectivity index (χ1n) is 4.83. The van der Waals surface area contributed by atoms with Gasteiger partial charge >= 0.3 is 0 Å². The van der Waals surface area contributed by atoms with E-state index in [1.807, 2.05) is 31.2 Å². The van der Waals surface area contributed by atoms with Crippen LogP contribution in [0.1, 0.15) is 24.3 Å². The number of benzene rings is 1. The Morgan fingerprint density at radius 2 is 2.07 bits per heavy atom. The van der Waals surface area contributed by atoms with Gasteiger partial charge in [-0.1, -0.05) is 17.7 Å². The second kappa shape index (κ2) is 3.80. The Labute approximate surface area is 93.5 Å². The maximum absolute atomic E-state index is 9.48. The molecule has 0 radical (unpaired) electrons. The van der Waals surface area contributed by atoms with Crippen LogP contribution < -0.4 is 0 Å². The van der Waals surface area contributed by atoms with Crippen molar-refractivity contribution in [2.75, 3.05) is 0 Å². The van der Waals surface area contributed by atoms with Crippen molar-refractivity contribution in [3.63, 3.8) is 0 Å². The average Bonchev–Trinajstić information content (AvgIpc) is 2.16. The first-order valence-corrected chi connectivity index (χ1v) is 5.20. The highest BCUT2D eigenvalue weighted by Crippen LogP contribution is 2.23. The molecule has 78 valence electrons. The highest BCUT2D eigenvalue weighted by atomic mass is 35.5. The minimum atomic E-state index is -0.549. The van der Waals surface area contributed by atoms with Gasteiger partial charge in [-0.2, -0.15) is 0 Å². The summed E-state index contributed by atoms with van der Waals surface area (Å²) in [6, 6.07) is 7.52. The monoisotopic (exact) mass is 221 g/mol. The predicted octanol–water partition coefficient (Wildman–Crippen LogP) is 3.25. The van der Waals surface area contributed by atoms with Gasteiger partial charge in [-0.3, -0.25) is 4.98 Å². The molecule has 0 saturated heterocycles. The number of hydrogen-bond donors (Lipinski definition) is 1. The molecule has 0 saturated carbocycles. The molecule has 0 aliphatic rings. The molecule has 0 aliphatic carbocycles. The Balaban J connectivity index is 2.74. The Morgan fingerprint density at radius 3 is 2.73 bits per heavy atom. The first-order chi connectivity index (χ1) is 7.08. The van der Waals surface area contributed by atoms with Crippen molar-refractivity contribution >= 4 is 22.5 Å². The molecule has 2 nitrogen and oxygen atoms in total. The van der Waals surface area contributed by atoms with E-state index in [-0.39, 0.29) is 0 Å². The van der Waals surface area contributed by atoms with Gasteiger partial charge in [0.2, 0.25) is 0 Å². The maximum atomic E-state index is 9.48. The van der Waals surface area contributed by atoms with E-state index in [2.05, 4.69) is 4.98 Å². The number of halogens is 1. The standard InChI is InChI=1S/C12H12ClNO/c1-7-5-11(8(2)15)14-12-6-9(13)3-4-10(7)12/h3-6,8,15H,1-2H3. The predicted molar refractivity (Wildman–Crippen MR) is 62.1 cm³/mol. The minimum Gasteiger partial charge on any atom is -0.387 e. The molecule has 0 aliphatic heterocycles. The van der Waals surface area contributed by atoms with Crippen molar-refractivity contribution < 1.29 is 5.11 Å². The third kappa shape index (κ3) is 1.96. The topological polar surface area (TPSA) is 33.1 Å². The molecular formula is C12H12ClNO. The number of fused-ring (bicyclic) bond motifs is 1. The normalized spacial score (nSPS) is 13.1. The quantitative estimate of drug-likeness (QED) is 0.802. The summed E-state index contributed by atoms with van der Waals surface area (Å²) in [7, 11) is 0. The van der Waals surface area contributed by atoms with Gasteiger partial charge in [0.1, 0.15) is 0 Å². The van der Waals surface area contributed by atoms with E-state index in [4.69, 9.17) is 11.6 Å². The molecule has 0 fully saturated rings. The summed E-state index contributed by atoms with van der Waals surface area (Å²) in [6.45, 7) is 3.71. The molecule has 2 aromatic rings. The fourth-order valence-electron chi connectivity index (χ4n) is 1.62. The van der Waals surface area contributed by atoms with Crippen LogP contribution in [0.3, 0.4) is 0 Å². The molecule has 1 aromatic heterocycles. The van der Waals surface area contributed by atoms with Gasteiger partial charge in [0.25, 0.3) is 0 Å². The zero-order valence-corrected chi connectivity index (χ0v) is 9.42. The number of aliphatic hydroxyl groups excluding tert-OH is 1. The van der Waals surface area contributed by atoms with Gasteiger partial charge in [-0.05, 0) is 37.6 Å². The van der Waals surface area contributed by atoms with Crippen LogP contribution in [0.25, 0.3) is 10.9 Å². The second-order valence-electron chi connectivity index (χ2n) is 3.70. The number of aliphatic hydroxyl groups is 1. The molecule has 0 bridgehead atoms. The van der Waals surface area contributed by atoms with Crippen molar-refractivity contribution in [1.82, 2.24) is 4.98 Å². The van der Waals surface area contributed by atoms with E-state index in [1.165, 1.54) is 0 Å². The number of rotatable bonds is 1. The molecule has 3 heteroatoms. The number of aryl methyl sites for hydroxylation is 1. The van der Waals surface area contributed by atoms with Gasteiger partial charge in [0, 0.05) is 10.4 Å². The zero-order valence-electron chi connectivity index (χ0n) is 8.66. The third-order valence-corrected chi connectivity index (χ3v) is 2.66. The van der Waals surface area contributed by atoms with E-state index in [0.717, 1.165) is 16.5 Å². The summed E-state index contributed by atoms with van der Waals surface area (Å²) in [5.74, 6) is 0. The Kier molecular flexibility index (Phi) is 2.63. The fraction of sp³-hybridized carbons (Fsp3) is 0.250. The Bertz CT molecular complexity index is 508. The SMILES string of the molecule is Cc1cc(C(C)O)nc2cc(Cl)ccc12. The highest BCUT2D eigenvalue weighted by molar-refractivity contribution is 6.31. The molecular weight excluding hydrogens is 210 g/mol. The summed E-state index contributed by atoms with van der Waals surface area (Å²) in [4.78, 5) is 4.36. The lowest BCUT2D eigenvalue weighted by Gasteiger charge is -2.08. The van der Waals surface area contributed by atoms with Gasteiger partial charge in [0.05, 0.1) is 17.3 Å². The molecule has 15 heavy (non-hydrogen) atoms. The van der Waals surface area contributed by atoms with E-state index in [9.17, 15) is 5.11 Å². The average molecular weight is 222 g/mol. The van der Waals surface area contributed by atoms with Crippen molar-refractivity contribution in [2.24, 2.45) is 0 Å². The Hall–Kier alpha value is -1.12. The van der Waals surface area contributed by atoms with Crippen LogP contribution in [0.2, 0.25) is 5.02 Å². The van der Waals surface area contributed by atoms with Crippen LogP contribution in [0.4, 0.5) is 0 Å². The van der Waals surface area contributed by atoms with E-state index < -0.39 is 6.10 Å². The smallest absolute Gasteiger partial charge is 0.0932 e. The summed E-state index contributed by atoms with van der Waals surface area (Å²) in [5, 5.41) is 11.2. The highest BCUT2D eigenvalue weighted by Gasteiger charge is 2.07. The number of hydrogen-bond acceptors (Lipinski definition) is 2. The number of nitrogens with zero attached hydrogens (tertiary/aromatic N) is 1. The van der Waals surface area contributed by atoms with Crippen LogP contribution in [0.15, 0.2) is 24.3 Å². The molecule has 1 unspecified atom stereocenters. The first kappa shape index (κ1) is 10.4. The van der Waals surface area contributed by atoms with Gasteiger partial charge < -0.3 is 5.11 Å². The largest absolute Gasteiger partial charge is 0.387 e. The number of pyridine rings is 1. The van der Waals surface area contributed by atoms with Crippen LogP contribution in [0.5, 0.6) is 0 Å². The van der Waals surface area contributed by atoms with E-state index in [1.54, 1.807) is 6.92 Å². The van der Waals surface area contributed by atoms with Crippen molar-refractivity contribution in [3.8, 4) is 0 Å². The minimum absolute atomic E-state index is 0.549. The summed E-state index contributed by atoms with van der Waals surface area (Å²) >= 11 is 5.90. The summed E-state index contributed by atoms with van der Waals surface area (Å²) in [5.41, 5.74) is 2.62. The molecule has 1 heterocycles. The van der Waals surface area contributed by atoms with Crippen LogP contribution in [-0.2, 0) is 0 Å². The fourth-order valence-corrected chi connectivity index (χ4v) is 1.78. The molecule has 0 amide bonds. The van der Waals surface area contributed by atoms with Crippen LogP contribution in [-0.4, -0.2) is 10.1 Å². The van der Waals surface area contributed by atoms with Crippen molar-refractivity contribution in [3.05, 3.63) is 40.5 Å². The maximum Gasteiger partial charge on any atom is 0.0932 e. The number of aromatic nitrogens is 1. The van der Waals surface area contributed by atoms with Gasteiger partial charge in [-0.15, -0.1) is 0 Å².